The summed E-state index contributed by atoms with van der Waals surface area (Å²) in [5.74, 6) is 1.76. The molecule has 0 heteroatoms. The lowest BCUT2D eigenvalue weighted by Crippen LogP contribution is -2.06. The Kier molecular flexibility index (Phi) is 6.30. The fraction of sp³-hybridized carbons (Fsp3) is 0.818. The summed E-state index contributed by atoms with van der Waals surface area (Å²) in [7, 11) is 0. The van der Waals surface area contributed by atoms with Crippen molar-refractivity contribution >= 4 is 0 Å². The van der Waals surface area contributed by atoms with Gasteiger partial charge in [-0.1, -0.05) is 39.7 Å². The van der Waals surface area contributed by atoms with Gasteiger partial charge >= 0.3 is 0 Å². The van der Waals surface area contributed by atoms with Gasteiger partial charge in [-0.15, -0.1) is 6.58 Å². The quantitative estimate of drug-likeness (QED) is 0.507. The van der Waals surface area contributed by atoms with Crippen molar-refractivity contribution in [1.29, 1.82) is 0 Å². The van der Waals surface area contributed by atoms with Crippen LogP contribution >= 0.6 is 0 Å². The van der Waals surface area contributed by atoms with Crippen molar-refractivity contribution in [3.05, 3.63) is 12.7 Å². The van der Waals surface area contributed by atoms with Crippen molar-refractivity contribution in [1.82, 2.24) is 0 Å². The summed E-state index contributed by atoms with van der Waals surface area (Å²) in [5, 5.41) is 0. The molecule has 0 aromatic heterocycles. The number of hydrogen-bond acceptors (Lipinski definition) is 0. The fourth-order valence-electron chi connectivity index (χ4n) is 1.41. The maximum Gasteiger partial charge on any atom is -0.0351 e. The highest BCUT2D eigenvalue weighted by Crippen LogP contribution is 2.20. The van der Waals surface area contributed by atoms with Gasteiger partial charge < -0.3 is 0 Å². The third-order valence-corrected chi connectivity index (χ3v) is 2.54. The van der Waals surface area contributed by atoms with Gasteiger partial charge in [-0.3, -0.25) is 0 Å². The van der Waals surface area contributed by atoms with Crippen LogP contribution in [0.25, 0.3) is 0 Å². The van der Waals surface area contributed by atoms with Gasteiger partial charge in [-0.25, -0.2) is 0 Å². The Morgan fingerprint density at radius 2 is 1.73 bits per heavy atom. The molecule has 0 aliphatic carbocycles. The van der Waals surface area contributed by atoms with E-state index in [1.807, 2.05) is 6.08 Å². The first-order valence-corrected chi connectivity index (χ1v) is 4.83. The van der Waals surface area contributed by atoms with E-state index in [4.69, 9.17) is 0 Å². The Labute approximate surface area is 71.7 Å². The van der Waals surface area contributed by atoms with E-state index >= 15 is 0 Å². The molecule has 0 spiro atoms. The molecule has 0 rings (SSSR count). The second-order valence-corrected chi connectivity index (χ2v) is 3.61. The molecule has 0 aromatic rings. The average molecular weight is 154 g/mol. The first-order chi connectivity index (χ1) is 5.22. The summed E-state index contributed by atoms with van der Waals surface area (Å²) >= 11 is 0. The fourth-order valence-corrected chi connectivity index (χ4v) is 1.41. The highest BCUT2D eigenvalue weighted by atomic mass is 14.1. The zero-order valence-corrected chi connectivity index (χ0v) is 8.27. The molecule has 0 aliphatic rings. The van der Waals surface area contributed by atoms with Crippen LogP contribution in [0.4, 0.5) is 0 Å². The summed E-state index contributed by atoms with van der Waals surface area (Å²) in [4.78, 5) is 0. The predicted octanol–water partition coefficient (Wildman–Crippen LogP) is 4.02. The minimum atomic E-state index is 0.868. The van der Waals surface area contributed by atoms with Crippen LogP contribution in [0.1, 0.15) is 46.5 Å². The summed E-state index contributed by atoms with van der Waals surface area (Å²) < 4.78 is 0. The Hall–Kier alpha value is -0.260. The molecule has 0 amide bonds. The molecule has 0 N–H and O–H groups in total. The topological polar surface area (TPSA) is 0 Å². The summed E-state index contributed by atoms with van der Waals surface area (Å²) in [5.41, 5.74) is 0. The molecule has 0 radical (unpaired) electrons. The molecule has 66 valence electrons. The second-order valence-electron chi connectivity index (χ2n) is 3.61. The molecule has 0 aromatic carbocycles. The van der Waals surface area contributed by atoms with Gasteiger partial charge in [0.1, 0.15) is 0 Å². The molecule has 0 aliphatic heterocycles. The lowest BCUT2D eigenvalue weighted by molar-refractivity contribution is 0.343. The van der Waals surface area contributed by atoms with Crippen LogP contribution < -0.4 is 0 Å². The molecule has 11 heavy (non-hydrogen) atoms. The maximum atomic E-state index is 3.74. The van der Waals surface area contributed by atoms with Crippen LogP contribution in [0.2, 0.25) is 0 Å². The Balaban J connectivity index is 3.45. The third-order valence-electron chi connectivity index (χ3n) is 2.54. The van der Waals surface area contributed by atoms with Gasteiger partial charge in [0.25, 0.3) is 0 Å². The van der Waals surface area contributed by atoms with Crippen LogP contribution in [-0.2, 0) is 0 Å². The van der Waals surface area contributed by atoms with E-state index < -0.39 is 0 Å². The van der Waals surface area contributed by atoms with Crippen molar-refractivity contribution in [3.8, 4) is 0 Å². The molecule has 0 saturated heterocycles. The highest BCUT2D eigenvalue weighted by molar-refractivity contribution is 4.70. The lowest BCUT2D eigenvalue weighted by atomic mass is 9.88. The van der Waals surface area contributed by atoms with E-state index in [2.05, 4.69) is 27.4 Å². The zero-order valence-electron chi connectivity index (χ0n) is 8.27. The summed E-state index contributed by atoms with van der Waals surface area (Å²) in [6, 6.07) is 0. The van der Waals surface area contributed by atoms with E-state index in [0.717, 1.165) is 11.8 Å². The van der Waals surface area contributed by atoms with E-state index in [1.54, 1.807) is 0 Å². The first-order valence-electron chi connectivity index (χ1n) is 4.83. The Morgan fingerprint density at radius 3 is 2.18 bits per heavy atom. The lowest BCUT2D eigenvalue weighted by Gasteiger charge is -2.18. The SMILES string of the molecule is C=CCCC(C)C(C)CCC. The maximum absolute atomic E-state index is 3.74. The predicted molar refractivity (Wildman–Crippen MR) is 52.7 cm³/mol. The van der Waals surface area contributed by atoms with Gasteiger partial charge in [0.15, 0.2) is 0 Å². The van der Waals surface area contributed by atoms with Gasteiger partial charge in [-0.2, -0.15) is 0 Å². The van der Waals surface area contributed by atoms with Crippen LogP contribution in [-0.4, -0.2) is 0 Å². The molecule has 2 unspecified atom stereocenters. The van der Waals surface area contributed by atoms with Gasteiger partial charge in [0, 0.05) is 0 Å². The average Bonchev–Trinajstić information content (AvgIpc) is 2.00. The molecule has 0 saturated carbocycles. The van der Waals surface area contributed by atoms with E-state index in [1.165, 1.54) is 25.7 Å². The zero-order chi connectivity index (χ0) is 8.69. The molecular formula is C11H22. The van der Waals surface area contributed by atoms with Gasteiger partial charge in [-0.05, 0) is 24.7 Å². The molecule has 0 nitrogen and oxygen atoms in total. The number of rotatable bonds is 6. The molecule has 2 atom stereocenters. The molecule has 0 fully saturated rings. The van der Waals surface area contributed by atoms with E-state index in [0.29, 0.717) is 0 Å². The molecule has 0 heterocycles. The summed E-state index contributed by atoms with van der Waals surface area (Å²) in [6.45, 7) is 10.7. The van der Waals surface area contributed by atoms with Gasteiger partial charge in [0.2, 0.25) is 0 Å². The van der Waals surface area contributed by atoms with Crippen molar-refractivity contribution in [3.63, 3.8) is 0 Å². The minimum Gasteiger partial charge on any atom is -0.103 e. The largest absolute Gasteiger partial charge is 0.103 e. The first kappa shape index (κ1) is 10.7. The normalized spacial score (nSPS) is 15.9. The van der Waals surface area contributed by atoms with Crippen LogP contribution in [0.5, 0.6) is 0 Å². The van der Waals surface area contributed by atoms with Crippen molar-refractivity contribution < 1.29 is 0 Å². The Bertz CT molecular complexity index is 94.2. The Morgan fingerprint density at radius 1 is 1.18 bits per heavy atom. The number of allylic oxidation sites excluding steroid dienone is 1. The van der Waals surface area contributed by atoms with Crippen LogP contribution in [0.15, 0.2) is 12.7 Å². The smallest absolute Gasteiger partial charge is 0.0351 e. The van der Waals surface area contributed by atoms with Crippen molar-refractivity contribution in [2.24, 2.45) is 11.8 Å². The third kappa shape index (κ3) is 5.06. The van der Waals surface area contributed by atoms with Gasteiger partial charge in [0.05, 0.1) is 0 Å². The molecular weight excluding hydrogens is 132 g/mol. The van der Waals surface area contributed by atoms with Crippen molar-refractivity contribution in [2.45, 2.75) is 46.5 Å². The second kappa shape index (κ2) is 6.45. The van der Waals surface area contributed by atoms with Crippen LogP contribution in [0, 0.1) is 11.8 Å². The minimum absolute atomic E-state index is 0.868. The highest BCUT2D eigenvalue weighted by Gasteiger charge is 2.09. The van der Waals surface area contributed by atoms with Crippen molar-refractivity contribution in [2.75, 3.05) is 0 Å². The summed E-state index contributed by atoms with van der Waals surface area (Å²) in [6.07, 6.45) is 7.20. The standard InChI is InChI=1S/C11H22/c1-5-7-9-11(4)10(3)8-6-2/h5,10-11H,1,6-9H2,2-4H3. The monoisotopic (exact) mass is 154 g/mol. The van der Waals surface area contributed by atoms with E-state index in [-0.39, 0.29) is 0 Å². The van der Waals surface area contributed by atoms with E-state index in [9.17, 15) is 0 Å². The molecule has 0 bridgehead atoms. The van der Waals surface area contributed by atoms with Crippen LogP contribution in [0.3, 0.4) is 0 Å². The number of hydrogen-bond donors (Lipinski definition) is 0.